The molecule has 0 saturated carbocycles. The standard InChI is InChI=1S/C37H22N4O/c42-36-30-21-34-29(20-27(30)25-14-6-8-16-31(25)38-36)28-18-23-12-4-5-13-24(23)19-33(28)41(34)37-39-32-17-9-7-15-26(32)35(40-37)22-10-2-1-3-11-22/h1-21H,(H,38,42). The molecule has 5 nitrogen and oxygen atoms in total. The third-order valence-corrected chi connectivity index (χ3v) is 8.32. The van der Waals surface area contributed by atoms with Crippen LogP contribution in [0.15, 0.2) is 132 Å². The maximum Gasteiger partial charge on any atom is 0.256 e. The van der Waals surface area contributed by atoms with Crippen LogP contribution in [0.25, 0.3) is 82.4 Å². The zero-order valence-corrected chi connectivity index (χ0v) is 22.4. The van der Waals surface area contributed by atoms with E-state index in [9.17, 15) is 4.79 Å². The predicted molar refractivity (Wildman–Crippen MR) is 172 cm³/mol. The van der Waals surface area contributed by atoms with Gasteiger partial charge in [-0.25, -0.2) is 9.97 Å². The third-order valence-electron chi connectivity index (χ3n) is 8.32. The summed E-state index contributed by atoms with van der Waals surface area (Å²) in [4.78, 5) is 26.8. The molecule has 0 saturated heterocycles. The van der Waals surface area contributed by atoms with Gasteiger partial charge in [-0.2, -0.15) is 0 Å². The first-order valence-electron chi connectivity index (χ1n) is 14.0. The van der Waals surface area contributed by atoms with Gasteiger partial charge in [-0.1, -0.05) is 91.0 Å². The second-order valence-corrected chi connectivity index (χ2v) is 10.7. The number of hydrogen-bond acceptors (Lipinski definition) is 3. The smallest absolute Gasteiger partial charge is 0.256 e. The second kappa shape index (κ2) is 8.59. The van der Waals surface area contributed by atoms with Crippen molar-refractivity contribution >= 4 is 65.2 Å². The van der Waals surface area contributed by atoms with Crippen LogP contribution in [0.2, 0.25) is 0 Å². The molecule has 196 valence electrons. The lowest BCUT2D eigenvalue weighted by Crippen LogP contribution is -2.07. The minimum atomic E-state index is -0.114. The molecule has 0 aliphatic heterocycles. The van der Waals surface area contributed by atoms with Crippen LogP contribution in [-0.2, 0) is 0 Å². The van der Waals surface area contributed by atoms with E-state index >= 15 is 0 Å². The Morgan fingerprint density at radius 2 is 1.19 bits per heavy atom. The highest BCUT2D eigenvalue weighted by molar-refractivity contribution is 6.19. The van der Waals surface area contributed by atoms with Crippen molar-refractivity contribution < 1.29 is 0 Å². The van der Waals surface area contributed by atoms with Gasteiger partial charge in [-0.15, -0.1) is 0 Å². The fraction of sp³-hybridized carbons (Fsp3) is 0. The molecule has 0 fully saturated rings. The summed E-state index contributed by atoms with van der Waals surface area (Å²) in [5.41, 5.74) is 5.36. The average Bonchev–Trinajstić information content (AvgIpc) is 3.35. The van der Waals surface area contributed by atoms with E-state index in [0.717, 1.165) is 71.0 Å². The van der Waals surface area contributed by atoms with Gasteiger partial charge in [-0.3, -0.25) is 9.36 Å². The maximum absolute atomic E-state index is 13.4. The number of pyridine rings is 1. The molecule has 0 aliphatic carbocycles. The lowest BCUT2D eigenvalue weighted by atomic mass is 10.0. The SMILES string of the molecule is O=c1[nH]c2ccccc2c2cc3c4cc5ccccc5cc4n(-c4nc(-c5ccccc5)c5ccccc5n4)c3cc12. The Morgan fingerprint density at radius 3 is 2.05 bits per heavy atom. The fourth-order valence-electron chi connectivity index (χ4n) is 6.37. The summed E-state index contributed by atoms with van der Waals surface area (Å²) >= 11 is 0. The van der Waals surface area contributed by atoms with E-state index in [0.29, 0.717) is 11.3 Å². The molecule has 3 aromatic heterocycles. The Kier molecular flexibility index (Phi) is 4.70. The maximum atomic E-state index is 13.4. The van der Waals surface area contributed by atoms with E-state index in [-0.39, 0.29) is 5.56 Å². The van der Waals surface area contributed by atoms with Crippen LogP contribution >= 0.6 is 0 Å². The Bertz CT molecular complexity index is 2600. The summed E-state index contributed by atoms with van der Waals surface area (Å²) in [7, 11) is 0. The van der Waals surface area contributed by atoms with Crippen molar-refractivity contribution in [3.05, 3.63) is 138 Å². The average molecular weight is 539 g/mol. The van der Waals surface area contributed by atoms with Crippen LogP contribution in [0.3, 0.4) is 0 Å². The van der Waals surface area contributed by atoms with E-state index in [1.54, 1.807) is 0 Å². The highest BCUT2D eigenvalue weighted by atomic mass is 16.1. The molecule has 5 heteroatoms. The molecule has 0 spiro atoms. The summed E-state index contributed by atoms with van der Waals surface area (Å²) < 4.78 is 2.12. The number of nitrogens with one attached hydrogen (secondary N) is 1. The first kappa shape index (κ1) is 22.9. The number of aromatic nitrogens is 4. The summed E-state index contributed by atoms with van der Waals surface area (Å²) in [5.74, 6) is 0.569. The zero-order chi connectivity index (χ0) is 27.8. The van der Waals surface area contributed by atoms with Gasteiger partial charge in [0.25, 0.3) is 5.56 Å². The third kappa shape index (κ3) is 3.28. The number of para-hydroxylation sites is 2. The van der Waals surface area contributed by atoms with Crippen molar-refractivity contribution in [1.29, 1.82) is 0 Å². The quantitative estimate of drug-likeness (QED) is 0.224. The van der Waals surface area contributed by atoms with Gasteiger partial charge in [0.2, 0.25) is 5.95 Å². The van der Waals surface area contributed by atoms with Crippen LogP contribution < -0.4 is 5.56 Å². The topological polar surface area (TPSA) is 63.6 Å². The molecule has 0 aliphatic rings. The fourth-order valence-corrected chi connectivity index (χ4v) is 6.37. The number of H-pyrrole nitrogens is 1. The van der Waals surface area contributed by atoms with Gasteiger partial charge in [0.1, 0.15) is 0 Å². The molecule has 0 amide bonds. The summed E-state index contributed by atoms with van der Waals surface area (Å²) in [5, 5.41) is 8.01. The molecule has 0 atom stereocenters. The normalized spacial score (nSPS) is 11.9. The van der Waals surface area contributed by atoms with Gasteiger partial charge in [-0.05, 0) is 52.6 Å². The molecule has 6 aromatic carbocycles. The molecule has 1 N–H and O–H groups in total. The predicted octanol–water partition coefficient (Wildman–Crippen LogP) is 8.54. The van der Waals surface area contributed by atoms with Gasteiger partial charge in [0.15, 0.2) is 0 Å². The first-order chi connectivity index (χ1) is 20.7. The Balaban J connectivity index is 1.48. The number of fused-ring (bicyclic) bond motifs is 8. The molecular formula is C37H22N4O. The molecule has 0 radical (unpaired) electrons. The highest BCUT2D eigenvalue weighted by Crippen LogP contribution is 2.38. The lowest BCUT2D eigenvalue weighted by molar-refractivity contribution is 1.01. The zero-order valence-electron chi connectivity index (χ0n) is 22.4. The van der Waals surface area contributed by atoms with Crippen molar-refractivity contribution in [3.8, 4) is 17.2 Å². The van der Waals surface area contributed by atoms with Gasteiger partial charge in [0, 0.05) is 38.0 Å². The van der Waals surface area contributed by atoms with Crippen LogP contribution in [0.4, 0.5) is 0 Å². The van der Waals surface area contributed by atoms with Crippen LogP contribution in [-0.4, -0.2) is 19.5 Å². The second-order valence-electron chi connectivity index (χ2n) is 10.7. The van der Waals surface area contributed by atoms with Gasteiger partial charge >= 0.3 is 0 Å². The van der Waals surface area contributed by atoms with E-state index in [4.69, 9.17) is 9.97 Å². The number of nitrogens with zero attached hydrogens (tertiary/aromatic N) is 3. The Morgan fingerprint density at radius 1 is 0.524 bits per heavy atom. The van der Waals surface area contributed by atoms with E-state index in [1.807, 2.05) is 60.7 Å². The molecule has 0 bridgehead atoms. The summed E-state index contributed by atoms with van der Waals surface area (Å²) in [6, 6.07) is 43.3. The van der Waals surface area contributed by atoms with Crippen molar-refractivity contribution in [2.75, 3.05) is 0 Å². The molecule has 3 heterocycles. The first-order valence-corrected chi connectivity index (χ1v) is 14.0. The number of aromatic amines is 1. The molecule has 9 rings (SSSR count). The van der Waals surface area contributed by atoms with Crippen LogP contribution in [0.1, 0.15) is 0 Å². The van der Waals surface area contributed by atoms with Crippen molar-refractivity contribution in [1.82, 2.24) is 19.5 Å². The molecular weight excluding hydrogens is 516 g/mol. The van der Waals surface area contributed by atoms with Crippen molar-refractivity contribution in [3.63, 3.8) is 0 Å². The lowest BCUT2D eigenvalue weighted by Gasteiger charge is -2.12. The largest absolute Gasteiger partial charge is 0.321 e. The van der Waals surface area contributed by atoms with Crippen molar-refractivity contribution in [2.45, 2.75) is 0 Å². The van der Waals surface area contributed by atoms with Gasteiger partial charge in [0.05, 0.1) is 22.2 Å². The van der Waals surface area contributed by atoms with E-state index in [1.165, 1.54) is 0 Å². The van der Waals surface area contributed by atoms with E-state index < -0.39 is 0 Å². The van der Waals surface area contributed by atoms with Gasteiger partial charge < -0.3 is 4.98 Å². The van der Waals surface area contributed by atoms with E-state index in [2.05, 4.69) is 76.3 Å². The molecule has 9 aromatic rings. The minimum Gasteiger partial charge on any atom is -0.321 e. The minimum absolute atomic E-state index is 0.114. The number of benzene rings is 6. The van der Waals surface area contributed by atoms with Crippen molar-refractivity contribution in [2.24, 2.45) is 0 Å². The summed E-state index contributed by atoms with van der Waals surface area (Å²) in [6.07, 6.45) is 0. The molecule has 0 unspecified atom stereocenters. The Labute approximate surface area is 239 Å². The monoisotopic (exact) mass is 538 g/mol. The number of rotatable bonds is 2. The summed E-state index contributed by atoms with van der Waals surface area (Å²) in [6.45, 7) is 0. The number of hydrogen-bond donors (Lipinski definition) is 1. The Hall–Kier alpha value is -5.81. The highest BCUT2D eigenvalue weighted by Gasteiger charge is 2.20. The van der Waals surface area contributed by atoms with Crippen LogP contribution in [0, 0.1) is 0 Å². The molecule has 42 heavy (non-hydrogen) atoms. The van der Waals surface area contributed by atoms with Crippen LogP contribution in [0.5, 0.6) is 0 Å².